The summed E-state index contributed by atoms with van der Waals surface area (Å²) in [4.78, 5) is 35.2. The molecule has 0 N–H and O–H groups in total. The fourth-order valence-electron chi connectivity index (χ4n) is 3.82. The Morgan fingerprint density at radius 3 is 2.00 bits per heavy atom. The number of nitro groups is 2. The topological polar surface area (TPSA) is 116 Å². The maximum atomic E-state index is 12.9. The summed E-state index contributed by atoms with van der Waals surface area (Å²) in [7, 11) is 0. The molecule has 0 aromatic heterocycles. The smallest absolute Gasteiger partial charge is 0.269 e. The Hall–Kier alpha value is -3.33. The highest BCUT2D eigenvalue weighted by molar-refractivity contribution is 6.08. The minimum atomic E-state index is -0.974. The van der Waals surface area contributed by atoms with Gasteiger partial charge in [0.15, 0.2) is 5.60 Å². The summed E-state index contributed by atoms with van der Waals surface area (Å²) in [5.41, 5.74) is 0.173. The third kappa shape index (κ3) is 2.55. The lowest BCUT2D eigenvalue weighted by Crippen LogP contribution is -2.68. The molecular weight excluding hydrogens is 354 g/mol. The first kappa shape index (κ1) is 17.1. The molecule has 0 saturated carbocycles. The molecule has 2 fully saturated rings. The second kappa shape index (κ2) is 6.13. The van der Waals surface area contributed by atoms with E-state index in [1.807, 2.05) is 0 Å². The molecule has 9 heteroatoms. The molecule has 0 radical (unpaired) electrons. The molecule has 2 heterocycles. The quantitative estimate of drug-likeness (QED) is 0.464. The highest BCUT2D eigenvalue weighted by atomic mass is 16.6. The number of non-ortho nitro benzene ring substituents is 2. The monoisotopic (exact) mass is 369 g/mol. The van der Waals surface area contributed by atoms with Crippen molar-refractivity contribution in [3.05, 3.63) is 74.3 Å². The summed E-state index contributed by atoms with van der Waals surface area (Å²) < 4.78 is 5.81. The minimum Gasteiger partial charge on any atom is -0.363 e. The molecule has 2 aromatic rings. The zero-order chi connectivity index (χ0) is 19.2. The van der Waals surface area contributed by atoms with Crippen molar-refractivity contribution in [2.75, 3.05) is 11.5 Å². The zero-order valence-corrected chi connectivity index (χ0v) is 14.1. The standard InChI is InChI=1S/C18H15N3O6/c22-17-18(10-1-11-27-18)16(12-2-4-14(5-3-12)20(23)24)19(17)13-6-8-15(9-7-13)21(25)26/h2-9,16H,1,10-11H2/t16-,18+/m0/s1. The number of β-lactam (4-membered cyclic amide) rings is 1. The lowest BCUT2D eigenvalue weighted by molar-refractivity contribution is -0.385. The van der Waals surface area contributed by atoms with Crippen LogP contribution in [-0.4, -0.2) is 28.0 Å². The number of ether oxygens (including phenoxy) is 1. The number of nitro benzene ring substituents is 2. The van der Waals surface area contributed by atoms with Crippen LogP contribution in [0.15, 0.2) is 48.5 Å². The highest BCUT2D eigenvalue weighted by Gasteiger charge is 2.64. The Morgan fingerprint density at radius 2 is 1.52 bits per heavy atom. The van der Waals surface area contributed by atoms with Crippen LogP contribution in [0.25, 0.3) is 0 Å². The Labute approximate surface area is 153 Å². The number of carbonyl (C=O) groups excluding carboxylic acids is 1. The third-order valence-electron chi connectivity index (χ3n) is 5.09. The maximum Gasteiger partial charge on any atom is 0.269 e. The normalized spacial score (nSPS) is 24.1. The average molecular weight is 369 g/mol. The molecule has 2 aliphatic heterocycles. The Balaban J connectivity index is 1.72. The van der Waals surface area contributed by atoms with Crippen LogP contribution in [0.1, 0.15) is 24.4 Å². The second-order valence-electron chi connectivity index (χ2n) is 6.54. The van der Waals surface area contributed by atoms with E-state index in [-0.39, 0.29) is 17.3 Å². The Kier molecular flexibility index (Phi) is 3.88. The van der Waals surface area contributed by atoms with Crippen molar-refractivity contribution < 1.29 is 19.4 Å². The fourth-order valence-corrected chi connectivity index (χ4v) is 3.82. The van der Waals surface area contributed by atoms with Gasteiger partial charge >= 0.3 is 0 Å². The number of rotatable bonds is 4. The SMILES string of the molecule is O=C1N(c2ccc([N+](=O)[O-])cc2)[C@@H](c2ccc([N+](=O)[O-])cc2)[C@]12CCCO2. The van der Waals surface area contributed by atoms with E-state index in [0.717, 1.165) is 12.0 Å². The van der Waals surface area contributed by atoms with Crippen LogP contribution >= 0.6 is 0 Å². The van der Waals surface area contributed by atoms with Gasteiger partial charge in [0.05, 0.1) is 9.85 Å². The molecule has 2 aliphatic rings. The van der Waals surface area contributed by atoms with Crippen molar-refractivity contribution in [3.8, 4) is 0 Å². The van der Waals surface area contributed by atoms with Crippen LogP contribution in [-0.2, 0) is 9.53 Å². The number of hydrogen-bond donors (Lipinski definition) is 0. The molecule has 1 amide bonds. The van der Waals surface area contributed by atoms with Crippen LogP contribution in [0.5, 0.6) is 0 Å². The van der Waals surface area contributed by atoms with Crippen molar-refractivity contribution in [2.24, 2.45) is 0 Å². The summed E-state index contributed by atoms with van der Waals surface area (Å²) in [6, 6.07) is 11.3. The molecule has 9 nitrogen and oxygen atoms in total. The van der Waals surface area contributed by atoms with Crippen LogP contribution in [0.3, 0.4) is 0 Å². The second-order valence-corrected chi connectivity index (χ2v) is 6.54. The van der Waals surface area contributed by atoms with Crippen LogP contribution in [0.4, 0.5) is 17.1 Å². The van der Waals surface area contributed by atoms with E-state index in [2.05, 4.69) is 0 Å². The van der Waals surface area contributed by atoms with Crippen molar-refractivity contribution >= 4 is 23.0 Å². The van der Waals surface area contributed by atoms with Gasteiger partial charge in [-0.05, 0) is 42.7 Å². The van der Waals surface area contributed by atoms with Gasteiger partial charge in [-0.2, -0.15) is 0 Å². The molecule has 2 saturated heterocycles. The van der Waals surface area contributed by atoms with Crippen molar-refractivity contribution in [1.82, 2.24) is 0 Å². The van der Waals surface area contributed by atoms with Crippen molar-refractivity contribution in [2.45, 2.75) is 24.5 Å². The van der Waals surface area contributed by atoms with Gasteiger partial charge in [0.2, 0.25) is 0 Å². The lowest BCUT2D eigenvalue weighted by atomic mass is 9.75. The molecule has 138 valence electrons. The minimum absolute atomic E-state index is 0.0346. The van der Waals surface area contributed by atoms with Gasteiger partial charge in [-0.1, -0.05) is 0 Å². The Morgan fingerprint density at radius 1 is 0.963 bits per heavy atom. The highest BCUT2D eigenvalue weighted by Crippen LogP contribution is 2.53. The van der Waals surface area contributed by atoms with Crippen molar-refractivity contribution in [1.29, 1.82) is 0 Å². The first-order valence-electron chi connectivity index (χ1n) is 8.40. The molecule has 0 unspecified atom stereocenters. The van der Waals surface area contributed by atoms with Crippen LogP contribution in [0.2, 0.25) is 0 Å². The van der Waals surface area contributed by atoms with E-state index in [9.17, 15) is 25.0 Å². The number of benzene rings is 2. The molecular formula is C18H15N3O6. The first-order chi connectivity index (χ1) is 12.9. The number of anilines is 1. The summed E-state index contributed by atoms with van der Waals surface area (Å²) in [5.74, 6) is -0.197. The van der Waals surface area contributed by atoms with E-state index >= 15 is 0 Å². The third-order valence-corrected chi connectivity index (χ3v) is 5.09. The summed E-state index contributed by atoms with van der Waals surface area (Å²) >= 11 is 0. The van der Waals surface area contributed by atoms with E-state index in [1.54, 1.807) is 12.1 Å². The van der Waals surface area contributed by atoms with Gasteiger partial charge in [-0.3, -0.25) is 29.9 Å². The average Bonchev–Trinajstić information content (AvgIpc) is 3.18. The molecule has 27 heavy (non-hydrogen) atoms. The van der Waals surface area contributed by atoms with Crippen LogP contribution < -0.4 is 4.90 Å². The summed E-state index contributed by atoms with van der Waals surface area (Å²) in [6.07, 6.45) is 1.32. The first-order valence-corrected chi connectivity index (χ1v) is 8.40. The van der Waals surface area contributed by atoms with E-state index in [4.69, 9.17) is 4.74 Å². The van der Waals surface area contributed by atoms with Gasteiger partial charge < -0.3 is 4.74 Å². The van der Waals surface area contributed by atoms with Gasteiger partial charge in [-0.15, -0.1) is 0 Å². The fraction of sp³-hybridized carbons (Fsp3) is 0.278. The largest absolute Gasteiger partial charge is 0.363 e. The number of nitrogens with zero attached hydrogens (tertiary/aromatic N) is 3. The predicted molar refractivity (Wildman–Crippen MR) is 94.3 cm³/mol. The summed E-state index contributed by atoms with van der Waals surface area (Å²) in [5, 5.41) is 21.8. The van der Waals surface area contributed by atoms with E-state index in [1.165, 1.54) is 41.3 Å². The molecule has 2 aromatic carbocycles. The predicted octanol–water partition coefficient (Wildman–Crippen LogP) is 3.14. The molecule has 0 aliphatic carbocycles. The van der Waals surface area contributed by atoms with Gasteiger partial charge in [0.25, 0.3) is 17.3 Å². The number of hydrogen-bond acceptors (Lipinski definition) is 6. The number of carbonyl (C=O) groups is 1. The van der Waals surface area contributed by atoms with E-state index in [0.29, 0.717) is 18.7 Å². The van der Waals surface area contributed by atoms with Gasteiger partial charge in [-0.25, -0.2) is 0 Å². The summed E-state index contributed by atoms with van der Waals surface area (Å²) in [6.45, 7) is 0.476. The molecule has 1 spiro atoms. The maximum absolute atomic E-state index is 12.9. The molecule has 0 bridgehead atoms. The molecule has 4 rings (SSSR count). The van der Waals surface area contributed by atoms with Gasteiger partial charge in [0, 0.05) is 36.6 Å². The van der Waals surface area contributed by atoms with E-state index < -0.39 is 21.5 Å². The van der Waals surface area contributed by atoms with Gasteiger partial charge in [0.1, 0.15) is 6.04 Å². The lowest BCUT2D eigenvalue weighted by Gasteiger charge is -2.53. The van der Waals surface area contributed by atoms with Crippen LogP contribution in [0, 0.1) is 20.2 Å². The Bertz CT molecular complexity index is 919. The van der Waals surface area contributed by atoms with Crippen molar-refractivity contribution in [3.63, 3.8) is 0 Å². The number of amides is 1. The molecule has 2 atom stereocenters. The zero-order valence-electron chi connectivity index (χ0n) is 14.1.